The summed E-state index contributed by atoms with van der Waals surface area (Å²) in [6.07, 6.45) is 0.558. The van der Waals surface area contributed by atoms with Crippen LogP contribution in [0.2, 0.25) is 0 Å². The highest BCUT2D eigenvalue weighted by atomic mass is 16.3. The summed E-state index contributed by atoms with van der Waals surface area (Å²) in [6, 6.07) is -1.32. The molecule has 0 aromatic rings. The number of carbonyl (C=O) groups excluding carboxylic acids is 2. The normalized spacial score (nSPS) is 14.2. The zero-order valence-corrected chi connectivity index (χ0v) is 10.7. The van der Waals surface area contributed by atoms with Crippen LogP contribution in [0.4, 0.5) is 4.79 Å². The Morgan fingerprint density at radius 3 is 2.29 bits per heavy atom. The van der Waals surface area contributed by atoms with Gasteiger partial charge >= 0.3 is 6.03 Å². The number of hydrogen-bond acceptors (Lipinski definition) is 3. The fourth-order valence-electron chi connectivity index (χ4n) is 1.40. The minimum atomic E-state index is -0.707. The van der Waals surface area contributed by atoms with E-state index in [1.807, 2.05) is 13.8 Å². The van der Waals surface area contributed by atoms with Crippen molar-refractivity contribution in [2.75, 3.05) is 6.54 Å². The number of aliphatic hydroxyl groups excluding tert-OH is 1. The van der Waals surface area contributed by atoms with E-state index < -0.39 is 18.2 Å². The van der Waals surface area contributed by atoms with Gasteiger partial charge < -0.3 is 21.5 Å². The van der Waals surface area contributed by atoms with Gasteiger partial charge in [0.1, 0.15) is 6.04 Å². The maximum atomic E-state index is 11.7. The fraction of sp³-hybridized carbons (Fsp3) is 0.818. The number of amides is 3. The van der Waals surface area contributed by atoms with Crippen LogP contribution >= 0.6 is 0 Å². The van der Waals surface area contributed by atoms with E-state index in [-0.39, 0.29) is 11.8 Å². The fourth-order valence-corrected chi connectivity index (χ4v) is 1.40. The molecule has 0 saturated heterocycles. The first-order valence-corrected chi connectivity index (χ1v) is 5.84. The molecule has 0 radical (unpaired) electrons. The van der Waals surface area contributed by atoms with Crippen LogP contribution in [0.25, 0.3) is 0 Å². The van der Waals surface area contributed by atoms with E-state index >= 15 is 0 Å². The van der Waals surface area contributed by atoms with Crippen LogP contribution in [0, 0.1) is 5.92 Å². The van der Waals surface area contributed by atoms with Crippen molar-refractivity contribution < 1.29 is 14.7 Å². The summed E-state index contributed by atoms with van der Waals surface area (Å²) in [5.41, 5.74) is 5.01. The van der Waals surface area contributed by atoms with E-state index in [0.717, 1.165) is 0 Å². The van der Waals surface area contributed by atoms with Gasteiger partial charge in [0.25, 0.3) is 0 Å². The van der Waals surface area contributed by atoms with E-state index in [1.165, 1.54) is 0 Å². The number of hydrogen-bond donors (Lipinski definition) is 4. The SMILES string of the molecule is CC(C)CC(NC(N)=O)C(=O)NCCC(C)O. The molecule has 0 aliphatic heterocycles. The van der Waals surface area contributed by atoms with E-state index in [2.05, 4.69) is 10.6 Å². The zero-order chi connectivity index (χ0) is 13.4. The number of aliphatic hydroxyl groups is 1. The standard InChI is InChI=1S/C11H23N3O3/c1-7(2)6-9(14-11(12)17)10(16)13-5-4-8(3)15/h7-9,15H,4-6H2,1-3H3,(H,13,16)(H3,12,14,17). The minimum Gasteiger partial charge on any atom is -0.393 e. The Morgan fingerprint density at radius 1 is 1.29 bits per heavy atom. The van der Waals surface area contributed by atoms with Gasteiger partial charge in [-0.1, -0.05) is 13.8 Å². The minimum absolute atomic E-state index is 0.266. The Kier molecular flexibility index (Phi) is 7.29. The third kappa shape index (κ3) is 8.50. The van der Waals surface area contributed by atoms with Crippen molar-refractivity contribution in [3.05, 3.63) is 0 Å². The van der Waals surface area contributed by atoms with Gasteiger partial charge in [0.2, 0.25) is 5.91 Å². The second kappa shape index (κ2) is 7.89. The maximum absolute atomic E-state index is 11.7. The summed E-state index contributed by atoms with van der Waals surface area (Å²) < 4.78 is 0. The molecule has 100 valence electrons. The number of primary amides is 1. The highest BCUT2D eigenvalue weighted by Gasteiger charge is 2.20. The van der Waals surface area contributed by atoms with Crippen molar-refractivity contribution in [2.24, 2.45) is 11.7 Å². The summed E-state index contributed by atoms with van der Waals surface area (Å²) in [5.74, 6) is 0.00696. The predicted octanol–water partition coefficient (Wildman–Crippen LogP) is -0.0435. The Bertz CT molecular complexity index is 254. The Morgan fingerprint density at radius 2 is 1.88 bits per heavy atom. The first-order valence-electron chi connectivity index (χ1n) is 5.84. The molecule has 0 aliphatic rings. The number of rotatable bonds is 7. The first-order chi connectivity index (χ1) is 7.82. The molecule has 3 amide bonds. The molecule has 0 rings (SSSR count). The van der Waals surface area contributed by atoms with E-state index in [4.69, 9.17) is 10.8 Å². The van der Waals surface area contributed by atoms with Crippen molar-refractivity contribution in [2.45, 2.75) is 45.8 Å². The molecule has 5 N–H and O–H groups in total. The van der Waals surface area contributed by atoms with Gasteiger partial charge in [0.15, 0.2) is 0 Å². The quantitative estimate of drug-likeness (QED) is 0.505. The molecule has 0 spiro atoms. The molecular weight excluding hydrogens is 222 g/mol. The number of carbonyl (C=O) groups is 2. The Hall–Kier alpha value is -1.30. The van der Waals surface area contributed by atoms with Crippen LogP contribution in [0.5, 0.6) is 0 Å². The molecule has 0 aromatic carbocycles. The van der Waals surface area contributed by atoms with Crippen molar-refractivity contribution >= 4 is 11.9 Å². The molecule has 17 heavy (non-hydrogen) atoms. The van der Waals surface area contributed by atoms with E-state index in [1.54, 1.807) is 6.92 Å². The third-order valence-electron chi connectivity index (χ3n) is 2.20. The second-order valence-corrected chi connectivity index (χ2v) is 4.62. The summed E-state index contributed by atoms with van der Waals surface area (Å²) in [7, 11) is 0. The lowest BCUT2D eigenvalue weighted by Gasteiger charge is -2.19. The highest BCUT2D eigenvalue weighted by Crippen LogP contribution is 2.04. The second-order valence-electron chi connectivity index (χ2n) is 4.62. The molecular formula is C11H23N3O3. The topological polar surface area (TPSA) is 104 Å². The number of nitrogens with two attached hydrogens (primary N) is 1. The van der Waals surface area contributed by atoms with Crippen molar-refractivity contribution in [3.8, 4) is 0 Å². The lowest BCUT2D eigenvalue weighted by Crippen LogP contribution is -2.49. The van der Waals surface area contributed by atoms with Gasteiger partial charge in [0, 0.05) is 6.54 Å². The van der Waals surface area contributed by atoms with Gasteiger partial charge in [-0.05, 0) is 25.7 Å². The molecule has 0 aromatic heterocycles. The van der Waals surface area contributed by atoms with Gasteiger partial charge in [-0.15, -0.1) is 0 Å². The number of nitrogens with one attached hydrogen (secondary N) is 2. The van der Waals surface area contributed by atoms with Crippen LogP contribution in [0.3, 0.4) is 0 Å². The molecule has 6 heteroatoms. The molecule has 6 nitrogen and oxygen atoms in total. The van der Waals surface area contributed by atoms with Crippen LogP contribution in [-0.4, -0.2) is 35.7 Å². The molecule has 0 saturated carbocycles. The van der Waals surface area contributed by atoms with Gasteiger partial charge in [-0.2, -0.15) is 0 Å². The van der Waals surface area contributed by atoms with E-state index in [9.17, 15) is 9.59 Å². The van der Waals surface area contributed by atoms with Crippen molar-refractivity contribution in [1.82, 2.24) is 10.6 Å². The third-order valence-corrected chi connectivity index (χ3v) is 2.20. The van der Waals surface area contributed by atoms with Crippen LogP contribution in [0.15, 0.2) is 0 Å². The Balaban J connectivity index is 4.17. The molecule has 0 heterocycles. The maximum Gasteiger partial charge on any atom is 0.312 e. The van der Waals surface area contributed by atoms with Crippen LogP contribution < -0.4 is 16.4 Å². The van der Waals surface area contributed by atoms with Gasteiger partial charge in [-0.3, -0.25) is 4.79 Å². The lowest BCUT2D eigenvalue weighted by atomic mass is 10.0. The summed E-state index contributed by atoms with van der Waals surface area (Å²) >= 11 is 0. The molecule has 0 aliphatic carbocycles. The largest absolute Gasteiger partial charge is 0.393 e. The lowest BCUT2D eigenvalue weighted by molar-refractivity contribution is -0.123. The molecule has 2 unspecified atom stereocenters. The highest BCUT2D eigenvalue weighted by molar-refractivity contribution is 5.86. The Labute approximate surface area is 102 Å². The average molecular weight is 245 g/mol. The summed E-state index contributed by atoms with van der Waals surface area (Å²) in [6.45, 7) is 5.95. The van der Waals surface area contributed by atoms with Gasteiger partial charge in [0.05, 0.1) is 6.10 Å². The van der Waals surface area contributed by atoms with Gasteiger partial charge in [-0.25, -0.2) is 4.79 Å². The van der Waals surface area contributed by atoms with Crippen LogP contribution in [-0.2, 0) is 4.79 Å². The van der Waals surface area contributed by atoms with E-state index in [0.29, 0.717) is 19.4 Å². The van der Waals surface area contributed by atoms with Crippen molar-refractivity contribution in [3.63, 3.8) is 0 Å². The molecule has 0 bridgehead atoms. The zero-order valence-electron chi connectivity index (χ0n) is 10.7. The smallest absolute Gasteiger partial charge is 0.312 e. The molecule has 0 fully saturated rings. The van der Waals surface area contributed by atoms with Crippen LogP contribution in [0.1, 0.15) is 33.6 Å². The summed E-state index contributed by atoms with van der Waals surface area (Å²) in [5, 5.41) is 14.1. The molecule has 2 atom stereocenters. The summed E-state index contributed by atoms with van der Waals surface area (Å²) in [4.78, 5) is 22.5. The number of urea groups is 1. The van der Waals surface area contributed by atoms with Crippen molar-refractivity contribution in [1.29, 1.82) is 0 Å². The monoisotopic (exact) mass is 245 g/mol. The average Bonchev–Trinajstić information content (AvgIpc) is 2.14. The first kappa shape index (κ1) is 15.7. The predicted molar refractivity (Wildman–Crippen MR) is 65.3 cm³/mol.